The summed E-state index contributed by atoms with van der Waals surface area (Å²) < 4.78 is 26.3. The average molecular weight is 200 g/mol. The van der Waals surface area contributed by atoms with Crippen LogP contribution in [0.2, 0.25) is 0 Å². The molecule has 1 aromatic carbocycles. The van der Waals surface area contributed by atoms with Crippen LogP contribution in [0, 0.1) is 11.6 Å². The summed E-state index contributed by atoms with van der Waals surface area (Å²) in [4.78, 5) is 10.7. The number of carboxylic acid groups (broad SMARTS) is 1. The van der Waals surface area contributed by atoms with Crippen molar-refractivity contribution in [3.05, 3.63) is 35.4 Å². The van der Waals surface area contributed by atoms with E-state index in [1.807, 2.05) is 0 Å². The van der Waals surface area contributed by atoms with Gasteiger partial charge in [0.25, 0.3) is 0 Å². The van der Waals surface area contributed by atoms with Crippen molar-refractivity contribution in [2.24, 2.45) is 0 Å². The molecule has 0 radical (unpaired) electrons. The van der Waals surface area contributed by atoms with Gasteiger partial charge in [0.15, 0.2) is 0 Å². The van der Waals surface area contributed by atoms with Crippen molar-refractivity contribution in [3.8, 4) is 0 Å². The Morgan fingerprint density at radius 2 is 1.93 bits per heavy atom. The van der Waals surface area contributed by atoms with E-state index >= 15 is 0 Å². The standard InChI is InChI=1S/C10H10F2O2/c1-2-6(10(13)14)9-7(11)4-3-5-8(9)12/h3-6H,2H2,1H3,(H,13,14). The van der Waals surface area contributed by atoms with Gasteiger partial charge in [-0.3, -0.25) is 4.79 Å². The lowest BCUT2D eigenvalue weighted by molar-refractivity contribution is -0.139. The minimum atomic E-state index is -1.21. The number of aliphatic carboxylic acids is 1. The number of carbonyl (C=O) groups is 1. The Labute approximate surface area is 80.2 Å². The maximum atomic E-state index is 13.1. The summed E-state index contributed by atoms with van der Waals surface area (Å²) in [5, 5.41) is 8.74. The zero-order valence-electron chi connectivity index (χ0n) is 7.63. The van der Waals surface area contributed by atoms with Gasteiger partial charge in [0, 0.05) is 5.56 Å². The number of benzene rings is 1. The first kappa shape index (κ1) is 10.6. The van der Waals surface area contributed by atoms with Crippen molar-refractivity contribution in [3.63, 3.8) is 0 Å². The fourth-order valence-corrected chi connectivity index (χ4v) is 1.35. The Morgan fingerprint density at radius 1 is 1.43 bits per heavy atom. The molecule has 0 aliphatic heterocycles. The monoisotopic (exact) mass is 200 g/mol. The molecule has 2 nitrogen and oxygen atoms in total. The van der Waals surface area contributed by atoms with Crippen LogP contribution in [-0.4, -0.2) is 11.1 Å². The Balaban J connectivity index is 3.22. The van der Waals surface area contributed by atoms with Crippen molar-refractivity contribution in [1.82, 2.24) is 0 Å². The van der Waals surface area contributed by atoms with Crippen LogP contribution in [-0.2, 0) is 4.79 Å². The molecule has 0 spiro atoms. The van der Waals surface area contributed by atoms with Gasteiger partial charge < -0.3 is 5.11 Å². The van der Waals surface area contributed by atoms with E-state index in [4.69, 9.17) is 5.11 Å². The number of halogens is 2. The highest BCUT2D eigenvalue weighted by Crippen LogP contribution is 2.25. The van der Waals surface area contributed by atoms with Crippen LogP contribution in [0.3, 0.4) is 0 Å². The molecule has 1 atom stereocenters. The normalized spacial score (nSPS) is 12.5. The van der Waals surface area contributed by atoms with E-state index in [1.165, 1.54) is 6.07 Å². The van der Waals surface area contributed by atoms with E-state index < -0.39 is 23.5 Å². The SMILES string of the molecule is CCC(C(=O)O)c1c(F)cccc1F. The van der Waals surface area contributed by atoms with E-state index in [0.717, 1.165) is 12.1 Å². The zero-order chi connectivity index (χ0) is 10.7. The second kappa shape index (κ2) is 4.17. The van der Waals surface area contributed by atoms with Crippen LogP contribution in [0.1, 0.15) is 24.8 Å². The van der Waals surface area contributed by atoms with Crippen molar-refractivity contribution in [2.45, 2.75) is 19.3 Å². The smallest absolute Gasteiger partial charge is 0.311 e. The van der Waals surface area contributed by atoms with Gasteiger partial charge in [0.2, 0.25) is 0 Å². The Morgan fingerprint density at radius 3 is 2.29 bits per heavy atom. The first-order chi connectivity index (χ1) is 6.57. The highest BCUT2D eigenvalue weighted by Gasteiger charge is 2.24. The summed E-state index contributed by atoms with van der Waals surface area (Å²) in [6, 6.07) is 3.33. The predicted octanol–water partition coefficient (Wildman–Crippen LogP) is 2.54. The highest BCUT2D eigenvalue weighted by molar-refractivity contribution is 5.76. The summed E-state index contributed by atoms with van der Waals surface area (Å²) in [5.74, 6) is -3.94. The van der Waals surface area contributed by atoms with Gasteiger partial charge in [0.1, 0.15) is 11.6 Å². The molecule has 0 saturated carbocycles. The molecule has 14 heavy (non-hydrogen) atoms. The average Bonchev–Trinajstić information content (AvgIpc) is 2.10. The van der Waals surface area contributed by atoms with Crippen LogP contribution >= 0.6 is 0 Å². The molecule has 0 aliphatic carbocycles. The Kier molecular flexibility index (Phi) is 3.17. The fourth-order valence-electron chi connectivity index (χ4n) is 1.35. The zero-order valence-corrected chi connectivity index (χ0v) is 7.63. The molecule has 0 aromatic heterocycles. The topological polar surface area (TPSA) is 37.3 Å². The maximum Gasteiger partial charge on any atom is 0.311 e. The van der Waals surface area contributed by atoms with E-state index in [-0.39, 0.29) is 12.0 Å². The van der Waals surface area contributed by atoms with Crippen LogP contribution in [0.4, 0.5) is 8.78 Å². The van der Waals surface area contributed by atoms with Gasteiger partial charge >= 0.3 is 5.97 Å². The number of rotatable bonds is 3. The third-order valence-electron chi connectivity index (χ3n) is 2.05. The van der Waals surface area contributed by atoms with E-state index in [0.29, 0.717) is 0 Å². The largest absolute Gasteiger partial charge is 0.481 e. The first-order valence-electron chi connectivity index (χ1n) is 4.24. The Bertz CT molecular complexity index is 330. The molecular weight excluding hydrogens is 190 g/mol. The third-order valence-corrected chi connectivity index (χ3v) is 2.05. The summed E-state index contributed by atoms with van der Waals surface area (Å²) in [5.41, 5.74) is -0.359. The van der Waals surface area contributed by atoms with E-state index in [2.05, 4.69) is 0 Å². The first-order valence-corrected chi connectivity index (χ1v) is 4.24. The molecule has 1 rings (SSSR count). The van der Waals surface area contributed by atoms with Crippen molar-refractivity contribution >= 4 is 5.97 Å². The molecule has 0 aliphatic rings. The van der Waals surface area contributed by atoms with Crippen molar-refractivity contribution in [1.29, 1.82) is 0 Å². The highest BCUT2D eigenvalue weighted by atomic mass is 19.1. The molecule has 0 fully saturated rings. The lowest BCUT2D eigenvalue weighted by Crippen LogP contribution is -2.14. The molecule has 1 N–H and O–H groups in total. The minimum Gasteiger partial charge on any atom is -0.481 e. The van der Waals surface area contributed by atoms with Gasteiger partial charge in [-0.1, -0.05) is 13.0 Å². The fraction of sp³-hybridized carbons (Fsp3) is 0.300. The number of hydrogen-bond acceptors (Lipinski definition) is 1. The van der Waals surface area contributed by atoms with Crippen LogP contribution in [0.15, 0.2) is 18.2 Å². The van der Waals surface area contributed by atoms with Gasteiger partial charge in [-0.15, -0.1) is 0 Å². The van der Waals surface area contributed by atoms with Crippen LogP contribution in [0.5, 0.6) is 0 Å². The summed E-state index contributed by atoms with van der Waals surface area (Å²) in [6.07, 6.45) is 0.160. The summed E-state index contributed by atoms with van der Waals surface area (Å²) in [6.45, 7) is 1.57. The second-order valence-corrected chi connectivity index (χ2v) is 2.93. The lowest BCUT2D eigenvalue weighted by atomic mass is 9.96. The van der Waals surface area contributed by atoms with Gasteiger partial charge in [-0.05, 0) is 18.6 Å². The molecule has 0 heterocycles. The summed E-state index contributed by atoms with van der Waals surface area (Å²) >= 11 is 0. The van der Waals surface area contributed by atoms with E-state index in [1.54, 1.807) is 6.92 Å². The van der Waals surface area contributed by atoms with Crippen molar-refractivity contribution in [2.75, 3.05) is 0 Å². The quantitative estimate of drug-likeness (QED) is 0.814. The van der Waals surface area contributed by atoms with Gasteiger partial charge in [-0.2, -0.15) is 0 Å². The van der Waals surface area contributed by atoms with Crippen molar-refractivity contribution < 1.29 is 18.7 Å². The number of hydrogen-bond donors (Lipinski definition) is 1. The van der Waals surface area contributed by atoms with Gasteiger partial charge in [0.05, 0.1) is 5.92 Å². The molecule has 1 aromatic rings. The third kappa shape index (κ3) is 1.89. The van der Waals surface area contributed by atoms with Crippen LogP contribution < -0.4 is 0 Å². The molecule has 0 saturated heterocycles. The Hall–Kier alpha value is -1.45. The summed E-state index contributed by atoms with van der Waals surface area (Å²) in [7, 11) is 0. The van der Waals surface area contributed by atoms with E-state index in [9.17, 15) is 13.6 Å². The molecule has 76 valence electrons. The molecular formula is C10H10F2O2. The predicted molar refractivity (Wildman–Crippen MR) is 47.0 cm³/mol. The maximum absolute atomic E-state index is 13.1. The molecule has 0 amide bonds. The van der Waals surface area contributed by atoms with Crippen LogP contribution in [0.25, 0.3) is 0 Å². The minimum absolute atomic E-state index is 0.160. The molecule has 0 bridgehead atoms. The number of carboxylic acids is 1. The molecule has 1 unspecified atom stereocenters. The molecule has 4 heteroatoms. The lowest BCUT2D eigenvalue weighted by Gasteiger charge is -2.11. The van der Waals surface area contributed by atoms with Gasteiger partial charge in [-0.25, -0.2) is 8.78 Å². The second-order valence-electron chi connectivity index (χ2n) is 2.93.